The lowest BCUT2D eigenvalue weighted by molar-refractivity contribution is -0.165. The Bertz CT molecular complexity index is 380. The minimum Gasteiger partial charge on any atom is -0.480 e. The lowest BCUT2D eigenvalue weighted by atomic mass is 9.96. The molecule has 0 aromatic carbocycles. The predicted octanol–water partition coefficient (Wildman–Crippen LogP) is 2.01. The second kappa shape index (κ2) is 9.19. The third-order valence-electron chi connectivity index (χ3n) is 3.39. The van der Waals surface area contributed by atoms with Gasteiger partial charge in [0.15, 0.2) is 0 Å². The molecule has 0 radical (unpaired) electrons. The van der Waals surface area contributed by atoms with Crippen LogP contribution < -0.4 is 0 Å². The van der Waals surface area contributed by atoms with Gasteiger partial charge in [-0.2, -0.15) is 13.2 Å². The molecule has 1 saturated heterocycles. The molecule has 22 heavy (non-hydrogen) atoms. The summed E-state index contributed by atoms with van der Waals surface area (Å²) < 4.78 is 37.6. The Balaban J connectivity index is 0.00000441. The number of carboxylic acid groups (broad SMARTS) is 1. The van der Waals surface area contributed by atoms with E-state index in [9.17, 15) is 22.8 Å². The van der Waals surface area contributed by atoms with Gasteiger partial charge in [0.1, 0.15) is 6.54 Å². The minimum atomic E-state index is -4.42. The monoisotopic (exact) mass is 346 g/mol. The van der Waals surface area contributed by atoms with Crippen molar-refractivity contribution in [3.05, 3.63) is 0 Å². The van der Waals surface area contributed by atoms with E-state index in [1.165, 1.54) is 0 Å². The summed E-state index contributed by atoms with van der Waals surface area (Å²) in [5, 5.41) is 8.75. The molecule has 5 nitrogen and oxygen atoms in total. The predicted molar refractivity (Wildman–Crippen MR) is 77.0 cm³/mol. The second-order valence-corrected chi connectivity index (χ2v) is 5.34. The van der Waals surface area contributed by atoms with E-state index < -0.39 is 30.5 Å². The zero-order chi connectivity index (χ0) is 16.0. The Kier molecular flexibility index (Phi) is 8.77. The van der Waals surface area contributed by atoms with Gasteiger partial charge < -0.3 is 10.0 Å². The number of rotatable bonds is 6. The van der Waals surface area contributed by atoms with Gasteiger partial charge in [0.25, 0.3) is 0 Å². The number of amides is 1. The van der Waals surface area contributed by atoms with E-state index in [2.05, 4.69) is 0 Å². The zero-order valence-corrected chi connectivity index (χ0v) is 13.3. The fourth-order valence-corrected chi connectivity index (χ4v) is 2.60. The first-order chi connectivity index (χ1) is 9.73. The molecular formula is C13H22ClF3N2O3. The normalized spacial score (nSPS) is 19.4. The van der Waals surface area contributed by atoms with Crippen molar-refractivity contribution in [3.8, 4) is 0 Å². The first-order valence-electron chi connectivity index (χ1n) is 7.02. The highest BCUT2D eigenvalue weighted by Crippen LogP contribution is 2.22. The van der Waals surface area contributed by atoms with Gasteiger partial charge in [-0.25, -0.2) is 0 Å². The Morgan fingerprint density at radius 1 is 1.36 bits per heavy atom. The number of piperidine rings is 1. The lowest BCUT2D eigenvalue weighted by Gasteiger charge is -2.34. The minimum absolute atomic E-state index is 0. The van der Waals surface area contributed by atoms with Crippen molar-refractivity contribution in [2.75, 3.05) is 32.7 Å². The average molecular weight is 347 g/mol. The average Bonchev–Trinajstić information content (AvgIpc) is 2.35. The zero-order valence-electron chi connectivity index (χ0n) is 12.4. The lowest BCUT2D eigenvalue weighted by Crippen LogP contribution is -2.48. The van der Waals surface area contributed by atoms with Crippen molar-refractivity contribution in [1.82, 2.24) is 9.80 Å². The van der Waals surface area contributed by atoms with Crippen molar-refractivity contribution in [2.24, 2.45) is 5.92 Å². The highest BCUT2D eigenvalue weighted by atomic mass is 35.5. The molecule has 0 aliphatic carbocycles. The van der Waals surface area contributed by atoms with Crippen LogP contribution in [0.25, 0.3) is 0 Å². The van der Waals surface area contributed by atoms with E-state index in [0.29, 0.717) is 25.8 Å². The maximum absolute atomic E-state index is 12.5. The van der Waals surface area contributed by atoms with Gasteiger partial charge >= 0.3 is 12.1 Å². The molecule has 1 aliphatic heterocycles. The molecule has 0 aromatic rings. The molecule has 1 atom stereocenters. The van der Waals surface area contributed by atoms with Crippen LogP contribution in [0.15, 0.2) is 0 Å². The standard InChI is InChI=1S/C13H21F3N2O3.ClH/c1-2-5-18(9-13(14,15)16)12(21)10-4-3-6-17(7-10)8-11(19)20;/h10H,2-9H2,1H3,(H,19,20);1H. The van der Waals surface area contributed by atoms with Crippen molar-refractivity contribution in [1.29, 1.82) is 0 Å². The van der Waals surface area contributed by atoms with Crippen molar-refractivity contribution < 1.29 is 27.9 Å². The van der Waals surface area contributed by atoms with Crippen LogP contribution in [0.4, 0.5) is 13.2 Å². The molecule has 0 spiro atoms. The largest absolute Gasteiger partial charge is 0.480 e. The molecule has 1 amide bonds. The molecule has 1 aliphatic rings. The summed E-state index contributed by atoms with van der Waals surface area (Å²) in [6, 6.07) is 0. The molecule has 1 fully saturated rings. The Morgan fingerprint density at radius 2 is 2.00 bits per heavy atom. The smallest absolute Gasteiger partial charge is 0.406 e. The van der Waals surface area contributed by atoms with E-state index in [1.807, 2.05) is 0 Å². The van der Waals surface area contributed by atoms with Gasteiger partial charge in [-0.15, -0.1) is 12.4 Å². The van der Waals surface area contributed by atoms with E-state index in [4.69, 9.17) is 5.11 Å². The molecule has 1 heterocycles. The quantitative estimate of drug-likeness (QED) is 0.799. The van der Waals surface area contributed by atoms with Crippen LogP contribution in [0.5, 0.6) is 0 Å². The van der Waals surface area contributed by atoms with E-state index in [1.54, 1.807) is 11.8 Å². The number of carboxylic acids is 1. The van der Waals surface area contributed by atoms with Gasteiger partial charge in [0.2, 0.25) is 5.91 Å². The molecule has 1 rings (SSSR count). The molecule has 1 unspecified atom stereocenters. The highest BCUT2D eigenvalue weighted by Gasteiger charge is 2.36. The van der Waals surface area contributed by atoms with E-state index in [0.717, 1.165) is 4.90 Å². The fraction of sp³-hybridized carbons (Fsp3) is 0.846. The summed E-state index contributed by atoms with van der Waals surface area (Å²) in [4.78, 5) is 25.4. The third kappa shape index (κ3) is 7.31. The summed E-state index contributed by atoms with van der Waals surface area (Å²) in [7, 11) is 0. The summed E-state index contributed by atoms with van der Waals surface area (Å²) in [6.45, 7) is 1.13. The van der Waals surface area contributed by atoms with E-state index >= 15 is 0 Å². The van der Waals surface area contributed by atoms with Crippen LogP contribution in [0.2, 0.25) is 0 Å². The topological polar surface area (TPSA) is 60.9 Å². The molecule has 0 bridgehead atoms. The fourth-order valence-electron chi connectivity index (χ4n) is 2.60. The molecule has 1 N–H and O–H groups in total. The molecular weight excluding hydrogens is 325 g/mol. The van der Waals surface area contributed by atoms with Crippen molar-refractivity contribution in [2.45, 2.75) is 32.4 Å². The van der Waals surface area contributed by atoms with Gasteiger partial charge in [0, 0.05) is 13.1 Å². The number of hydrogen-bond acceptors (Lipinski definition) is 3. The van der Waals surface area contributed by atoms with Crippen LogP contribution >= 0.6 is 12.4 Å². The third-order valence-corrected chi connectivity index (χ3v) is 3.39. The molecule has 130 valence electrons. The number of alkyl halides is 3. The second-order valence-electron chi connectivity index (χ2n) is 5.34. The van der Waals surface area contributed by atoms with Crippen LogP contribution in [-0.2, 0) is 9.59 Å². The summed E-state index contributed by atoms with van der Waals surface area (Å²) in [6.07, 6.45) is -2.84. The summed E-state index contributed by atoms with van der Waals surface area (Å²) in [5.41, 5.74) is 0. The van der Waals surface area contributed by atoms with Crippen LogP contribution in [0, 0.1) is 5.92 Å². The van der Waals surface area contributed by atoms with Crippen molar-refractivity contribution in [3.63, 3.8) is 0 Å². The Morgan fingerprint density at radius 3 is 2.50 bits per heavy atom. The summed E-state index contributed by atoms with van der Waals surface area (Å²) in [5.74, 6) is -2.07. The first-order valence-corrected chi connectivity index (χ1v) is 7.02. The highest BCUT2D eigenvalue weighted by molar-refractivity contribution is 5.85. The van der Waals surface area contributed by atoms with Crippen LogP contribution in [0.3, 0.4) is 0 Å². The summed E-state index contributed by atoms with van der Waals surface area (Å²) >= 11 is 0. The number of likely N-dealkylation sites (tertiary alicyclic amines) is 1. The van der Waals surface area contributed by atoms with Gasteiger partial charge in [-0.1, -0.05) is 6.92 Å². The number of hydrogen-bond donors (Lipinski definition) is 1. The molecule has 0 aromatic heterocycles. The maximum atomic E-state index is 12.5. The number of nitrogens with zero attached hydrogens (tertiary/aromatic N) is 2. The SMILES string of the molecule is CCCN(CC(F)(F)F)C(=O)C1CCCN(CC(=O)O)C1.Cl. The Labute approximate surface area is 133 Å². The van der Waals surface area contributed by atoms with E-state index in [-0.39, 0.29) is 32.0 Å². The Hall–Kier alpha value is -1.02. The number of halogens is 4. The first kappa shape index (κ1) is 21.0. The van der Waals surface area contributed by atoms with Gasteiger partial charge in [-0.3, -0.25) is 14.5 Å². The molecule has 0 saturated carbocycles. The van der Waals surface area contributed by atoms with Crippen LogP contribution in [0.1, 0.15) is 26.2 Å². The number of carbonyl (C=O) groups is 2. The number of aliphatic carboxylic acids is 1. The van der Waals surface area contributed by atoms with Gasteiger partial charge in [0.05, 0.1) is 12.5 Å². The number of carbonyl (C=O) groups excluding carboxylic acids is 1. The molecule has 9 heteroatoms. The maximum Gasteiger partial charge on any atom is 0.406 e. The van der Waals surface area contributed by atoms with Gasteiger partial charge in [-0.05, 0) is 25.8 Å². The van der Waals surface area contributed by atoms with Crippen molar-refractivity contribution >= 4 is 24.3 Å². The van der Waals surface area contributed by atoms with Crippen LogP contribution in [-0.4, -0.2) is 65.7 Å².